The molecule has 6 heteroatoms. The Morgan fingerprint density at radius 3 is 1.57 bits per heavy atom. The first kappa shape index (κ1) is 33.0. The van der Waals surface area contributed by atoms with Gasteiger partial charge < -0.3 is 9.47 Å². The van der Waals surface area contributed by atoms with E-state index in [-0.39, 0.29) is 26.1 Å². The van der Waals surface area contributed by atoms with E-state index in [9.17, 15) is 18.4 Å². The van der Waals surface area contributed by atoms with Crippen molar-refractivity contribution < 1.29 is 27.8 Å². The number of benzene rings is 1. The summed E-state index contributed by atoms with van der Waals surface area (Å²) in [5, 5.41) is 0. The predicted octanol–water partition coefficient (Wildman–Crippen LogP) is 9.23. The van der Waals surface area contributed by atoms with E-state index in [4.69, 9.17) is 9.47 Å². The smallest absolute Gasteiger partial charge is 0.323 e. The topological polar surface area (TPSA) is 52.6 Å². The first-order valence-corrected chi connectivity index (χ1v) is 14.7. The van der Waals surface area contributed by atoms with E-state index in [1.165, 1.54) is 83.1 Å². The number of halogens is 2. The van der Waals surface area contributed by atoms with Gasteiger partial charge in [-0.3, -0.25) is 9.59 Å². The van der Waals surface area contributed by atoms with E-state index < -0.39 is 29.0 Å². The second-order valence-corrected chi connectivity index (χ2v) is 10.2. The van der Waals surface area contributed by atoms with Crippen LogP contribution >= 0.6 is 0 Å². The molecular formula is C31H50F2O4. The molecule has 4 nitrogen and oxygen atoms in total. The van der Waals surface area contributed by atoms with Crippen LogP contribution in [0.15, 0.2) is 18.2 Å². The molecule has 0 aliphatic carbocycles. The maximum absolute atomic E-state index is 13.4. The Hall–Kier alpha value is -1.98. The van der Waals surface area contributed by atoms with Crippen molar-refractivity contribution in [1.82, 2.24) is 0 Å². The van der Waals surface area contributed by atoms with Crippen molar-refractivity contribution in [3.05, 3.63) is 35.4 Å². The Morgan fingerprint density at radius 1 is 0.649 bits per heavy atom. The van der Waals surface area contributed by atoms with Gasteiger partial charge in [0.2, 0.25) is 0 Å². The number of unbranched alkanes of at least 4 members (excludes halogenated alkanes) is 14. The molecule has 0 fully saturated rings. The van der Waals surface area contributed by atoms with Crippen LogP contribution in [0, 0.1) is 17.0 Å². The summed E-state index contributed by atoms with van der Waals surface area (Å²) < 4.78 is 37.3. The summed E-state index contributed by atoms with van der Waals surface area (Å²) in [5.74, 6) is -3.23. The number of carbonyl (C=O) groups is 2. The lowest BCUT2D eigenvalue weighted by atomic mass is 9.82. The van der Waals surface area contributed by atoms with E-state index in [2.05, 4.69) is 6.92 Å². The monoisotopic (exact) mass is 524 g/mol. The molecule has 212 valence electrons. The molecule has 0 saturated heterocycles. The van der Waals surface area contributed by atoms with E-state index in [1.54, 1.807) is 13.8 Å². The SMILES string of the molecule is CCCCCCCCCCCCCCCCCOC(=O)C(CC)(CC)C(=O)OCc1ccc(F)c(F)c1. The lowest BCUT2D eigenvalue weighted by Gasteiger charge is -2.27. The van der Waals surface area contributed by atoms with Gasteiger partial charge in [-0.15, -0.1) is 0 Å². The fourth-order valence-corrected chi connectivity index (χ4v) is 4.60. The van der Waals surface area contributed by atoms with Crippen LogP contribution in [-0.2, 0) is 25.7 Å². The van der Waals surface area contributed by atoms with Crippen molar-refractivity contribution in [3.63, 3.8) is 0 Å². The Bertz CT molecular complexity index is 762. The molecule has 37 heavy (non-hydrogen) atoms. The fraction of sp³-hybridized carbons (Fsp3) is 0.742. The highest BCUT2D eigenvalue weighted by atomic mass is 19.2. The molecule has 0 unspecified atom stereocenters. The molecule has 0 aliphatic rings. The molecule has 0 spiro atoms. The van der Waals surface area contributed by atoms with Crippen LogP contribution in [0.25, 0.3) is 0 Å². The Kier molecular flexibility index (Phi) is 17.9. The average molecular weight is 525 g/mol. The molecule has 0 aliphatic heterocycles. The molecule has 0 radical (unpaired) electrons. The van der Waals surface area contributed by atoms with Crippen molar-refractivity contribution in [2.24, 2.45) is 5.41 Å². The molecule has 0 N–H and O–H groups in total. The standard InChI is InChI=1S/C31H50F2O4/c1-4-7-8-9-10-11-12-13-14-15-16-17-18-19-20-23-36-29(34)31(5-2,6-3)30(35)37-25-26-21-22-27(32)28(33)24-26/h21-22,24H,4-20,23,25H2,1-3H3. The number of hydrogen-bond donors (Lipinski definition) is 0. The van der Waals surface area contributed by atoms with Crippen LogP contribution < -0.4 is 0 Å². The van der Waals surface area contributed by atoms with E-state index in [1.807, 2.05) is 0 Å². The van der Waals surface area contributed by atoms with E-state index in [0.717, 1.165) is 31.4 Å². The predicted molar refractivity (Wildman–Crippen MR) is 145 cm³/mol. The third-order valence-corrected chi connectivity index (χ3v) is 7.32. The minimum absolute atomic E-state index is 0.232. The lowest BCUT2D eigenvalue weighted by molar-refractivity contribution is -0.174. The number of ether oxygens (including phenoxy) is 2. The van der Waals surface area contributed by atoms with Crippen LogP contribution in [-0.4, -0.2) is 18.5 Å². The van der Waals surface area contributed by atoms with Crippen molar-refractivity contribution in [3.8, 4) is 0 Å². The summed E-state index contributed by atoms with van der Waals surface area (Å²) in [6, 6.07) is 3.31. The first-order chi connectivity index (χ1) is 17.9. The van der Waals surface area contributed by atoms with Crippen molar-refractivity contribution in [2.75, 3.05) is 6.61 Å². The molecule has 0 bridgehead atoms. The number of hydrogen-bond acceptors (Lipinski definition) is 4. The zero-order valence-corrected chi connectivity index (χ0v) is 23.6. The van der Waals surface area contributed by atoms with Crippen molar-refractivity contribution >= 4 is 11.9 Å². The normalized spacial score (nSPS) is 11.5. The van der Waals surface area contributed by atoms with Gasteiger partial charge in [-0.1, -0.05) is 117 Å². The quantitative estimate of drug-likeness (QED) is 0.0861. The fourth-order valence-electron chi connectivity index (χ4n) is 4.60. The summed E-state index contributed by atoms with van der Waals surface area (Å²) in [6.45, 7) is 5.81. The average Bonchev–Trinajstić information content (AvgIpc) is 2.90. The summed E-state index contributed by atoms with van der Waals surface area (Å²) in [4.78, 5) is 25.6. The molecule has 0 amide bonds. The lowest BCUT2D eigenvalue weighted by Crippen LogP contribution is -2.41. The minimum Gasteiger partial charge on any atom is -0.465 e. The number of esters is 2. The molecule has 1 aromatic carbocycles. The second-order valence-electron chi connectivity index (χ2n) is 10.2. The molecule has 0 heterocycles. The zero-order valence-electron chi connectivity index (χ0n) is 23.6. The largest absolute Gasteiger partial charge is 0.465 e. The van der Waals surface area contributed by atoms with E-state index in [0.29, 0.717) is 5.56 Å². The highest BCUT2D eigenvalue weighted by Gasteiger charge is 2.45. The molecule has 0 aromatic heterocycles. The van der Waals surface area contributed by atoms with Gasteiger partial charge in [0.05, 0.1) is 6.61 Å². The third-order valence-electron chi connectivity index (χ3n) is 7.32. The van der Waals surface area contributed by atoms with Gasteiger partial charge in [0.15, 0.2) is 17.0 Å². The van der Waals surface area contributed by atoms with Crippen LogP contribution in [0.2, 0.25) is 0 Å². The molecular weight excluding hydrogens is 474 g/mol. The van der Waals surface area contributed by atoms with Gasteiger partial charge in [-0.2, -0.15) is 0 Å². The van der Waals surface area contributed by atoms with Crippen LogP contribution in [0.4, 0.5) is 8.78 Å². The van der Waals surface area contributed by atoms with Gasteiger partial charge in [0.25, 0.3) is 0 Å². The van der Waals surface area contributed by atoms with Gasteiger partial charge in [0, 0.05) is 0 Å². The molecule has 0 saturated carbocycles. The van der Waals surface area contributed by atoms with Gasteiger partial charge in [0.1, 0.15) is 6.61 Å². The first-order valence-electron chi connectivity index (χ1n) is 14.7. The Morgan fingerprint density at radius 2 is 1.11 bits per heavy atom. The van der Waals surface area contributed by atoms with Crippen molar-refractivity contribution in [2.45, 2.75) is 137 Å². The summed E-state index contributed by atoms with van der Waals surface area (Å²) in [7, 11) is 0. The second kappa shape index (κ2) is 20.0. The van der Waals surface area contributed by atoms with Crippen LogP contribution in [0.1, 0.15) is 135 Å². The number of carbonyl (C=O) groups excluding carboxylic acids is 2. The minimum atomic E-state index is -1.38. The van der Waals surface area contributed by atoms with Crippen molar-refractivity contribution in [1.29, 1.82) is 0 Å². The van der Waals surface area contributed by atoms with Gasteiger partial charge in [-0.25, -0.2) is 8.78 Å². The van der Waals surface area contributed by atoms with Crippen LogP contribution in [0.3, 0.4) is 0 Å². The molecule has 1 rings (SSSR count). The Labute approximate surface area is 223 Å². The summed E-state index contributed by atoms with van der Waals surface area (Å²) in [6.07, 6.45) is 19.4. The van der Waals surface area contributed by atoms with Gasteiger partial charge in [-0.05, 0) is 37.0 Å². The van der Waals surface area contributed by atoms with E-state index >= 15 is 0 Å². The highest BCUT2D eigenvalue weighted by molar-refractivity contribution is 5.99. The maximum Gasteiger partial charge on any atom is 0.323 e. The maximum atomic E-state index is 13.4. The Balaban J connectivity index is 2.17. The summed E-state index contributed by atoms with van der Waals surface area (Å²) >= 11 is 0. The van der Waals surface area contributed by atoms with Gasteiger partial charge >= 0.3 is 11.9 Å². The zero-order chi connectivity index (χ0) is 27.4. The highest BCUT2D eigenvalue weighted by Crippen LogP contribution is 2.31. The third kappa shape index (κ3) is 12.9. The number of rotatable bonds is 22. The van der Waals surface area contributed by atoms with Crippen LogP contribution in [0.5, 0.6) is 0 Å². The summed E-state index contributed by atoms with van der Waals surface area (Å²) in [5.41, 5.74) is -1.06. The molecule has 0 atom stereocenters. The molecule has 1 aromatic rings.